The van der Waals surface area contributed by atoms with Crippen LogP contribution in [0.4, 0.5) is 0 Å². The minimum absolute atomic E-state index is 1.19. The Bertz CT molecular complexity index is 617. The van der Waals surface area contributed by atoms with Crippen molar-refractivity contribution in [2.45, 2.75) is 0 Å². The van der Waals surface area contributed by atoms with Crippen molar-refractivity contribution in [2.75, 3.05) is 0 Å². The van der Waals surface area contributed by atoms with E-state index < -0.39 is 6.35 Å². The first kappa shape index (κ1) is 14.2. The van der Waals surface area contributed by atoms with Crippen LogP contribution in [-0.4, -0.2) is 6.35 Å². The molecule has 0 amide bonds. The second-order valence-electron chi connectivity index (χ2n) is 5.14. The van der Waals surface area contributed by atoms with Crippen molar-refractivity contribution in [3.8, 4) is 0 Å². The van der Waals surface area contributed by atoms with E-state index >= 15 is 0 Å². The van der Waals surface area contributed by atoms with E-state index in [4.69, 9.17) is 2.87 Å². The summed E-state index contributed by atoms with van der Waals surface area (Å²) in [4.78, 5) is 0. The number of benzene rings is 3. The molecule has 0 aromatic heterocycles. The van der Waals surface area contributed by atoms with Crippen molar-refractivity contribution >= 4 is 22.7 Å². The Morgan fingerprint density at radius 1 is 0.524 bits per heavy atom. The molecule has 0 saturated carbocycles. The van der Waals surface area contributed by atoms with Gasteiger partial charge in [0.25, 0.3) is 0 Å². The summed E-state index contributed by atoms with van der Waals surface area (Å²) >= 11 is 1.80. The fourth-order valence-corrected chi connectivity index (χ4v) is 3.59. The van der Waals surface area contributed by atoms with Gasteiger partial charge in [-0.3, -0.25) is 0 Å². The van der Waals surface area contributed by atoms with Crippen LogP contribution >= 0.6 is 0 Å². The number of hydrogen-bond donors (Lipinski definition) is 0. The van der Waals surface area contributed by atoms with Crippen molar-refractivity contribution in [3.63, 3.8) is 0 Å². The van der Waals surface area contributed by atoms with E-state index in [1.165, 1.54) is 16.4 Å². The van der Waals surface area contributed by atoms with Crippen LogP contribution in [0.2, 0.25) is 0 Å². The van der Waals surface area contributed by atoms with Crippen LogP contribution in [0.1, 0.15) is 0 Å². The summed E-state index contributed by atoms with van der Waals surface area (Å²) in [5.41, 5.74) is 3.58. The summed E-state index contributed by atoms with van der Waals surface area (Å²) in [5.74, 6) is 0. The fourth-order valence-electron chi connectivity index (χ4n) is 2.95. The van der Waals surface area contributed by atoms with Crippen molar-refractivity contribution in [1.82, 2.24) is 0 Å². The molecule has 0 N–H and O–H groups in total. The van der Waals surface area contributed by atoms with Crippen molar-refractivity contribution < 1.29 is 23.3 Å². The van der Waals surface area contributed by atoms with E-state index in [9.17, 15) is 0 Å². The van der Waals surface area contributed by atoms with Crippen LogP contribution in [0, 0.1) is 0 Å². The molecule has 0 aliphatic heterocycles. The van der Waals surface area contributed by atoms with Gasteiger partial charge in [-0.15, -0.1) is 0 Å². The quantitative estimate of drug-likeness (QED) is 0.516. The summed E-state index contributed by atoms with van der Waals surface area (Å²) < 4.78 is 6.16. The molecule has 1 nitrogen and oxygen atoms in total. The molecule has 3 aromatic carbocycles. The molecule has 21 heavy (non-hydrogen) atoms. The third-order valence-corrected chi connectivity index (χ3v) is 4.54. The average molecular weight is 306 g/mol. The average Bonchev–Trinajstić information content (AvgIpc) is 2.59. The normalized spacial score (nSPS) is 11.0. The van der Waals surface area contributed by atoms with Gasteiger partial charge in [0, 0.05) is 0 Å². The van der Waals surface area contributed by atoms with Gasteiger partial charge in [0.1, 0.15) is 0 Å². The molecule has 3 rings (SSSR count). The van der Waals surface area contributed by atoms with E-state index in [1.807, 2.05) is 18.2 Å². The first-order chi connectivity index (χ1) is 10.4. The molecule has 0 aliphatic rings. The molecule has 0 aliphatic carbocycles. The summed E-state index contributed by atoms with van der Waals surface area (Å²) in [7, 11) is 0. The van der Waals surface area contributed by atoms with Gasteiger partial charge in [-0.05, 0) is 0 Å². The first-order valence-electron chi connectivity index (χ1n) is 7.04. The second kappa shape index (κ2) is 6.34. The van der Waals surface area contributed by atoms with Crippen LogP contribution in [0.15, 0.2) is 91.0 Å². The summed E-state index contributed by atoms with van der Waals surface area (Å²) in [6.07, 6.45) is -1.40. The Balaban J connectivity index is 2.31. The maximum atomic E-state index is 6.16. The molecule has 0 fully saturated rings. The Hall–Kier alpha value is -1.76. The van der Waals surface area contributed by atoms with Crippen molar-refractivity contribution in [1.29, 1.82) is 0 Å². The topological polar surface area (TPSA) is 11.3 Å². The predicted molar refractivity (Wildman–Crippen MR) is 84.7 cm³/mol. The number of rotatable bonds is 4. The van der Waals surface area contributed by atoms with Crippen molar-refractivity contribution in [2.24, 2.45) is 0 Å². The maximum absolute atomic E-state index is 6.16. The van der Waals surface area contributed by atoms with Crippen LogP contribution in [0.3, 0.4) is 0 Å². The number of hydrogen-bond acceptors (Lipinski definition) is 0. The fraction of sp³-hybridized carbons (Fsp3) is 0. The van der Waals surface area contributed by atoms with Gasteiger partial charge >= 0.3 is 137 Å². The van der Waals surface area contributed by atoms with Gasteiger partial charge in [0.05, 0.1) is 0 Å². The molecular weight excluding hydrogens is 291 g/mol. The molecular formula is C18H15BOTi. The third-order valence-electron chi connectivity index (χ3n) is 3.98. The Kier molecular flexibility index (Phi) is 4.28. The minimum atomic E-state index is -1.40. The van der Waals surface area contributed by atoms with E-state index in [0.717, 1.165) is 0 Å². The molecule has 3 aromatic rings. The third kappa shape index (κ3) is 2.57. The molecule has 0 heterocycles. The van der Waals surface area contributed by atoms with Crippen LogP contribution in [0.5, 0.6) is 0 Å². The summed E-state index contributed by atoms with van der Waals surface area (Å²) in [6, 6.07) is 31.4. The monoisotopic (exact) mass is 306 g/mol. The molecule has 0 saturated heterocycles. The molecule has 3 heteroatoms. The first-order valence-corrected chi connectivity index (χ1v) is 7.68. The Morgan fingerprint density at radius 3 is 1.05 bits per heavy atom. The second-order valence-corrected chi connectivity index (χ2v) is 5.50. The van der Waals surface area contributed by atoms with Gasteiger partial charge in [0.15, 0.2) is 0 Å². The van der Waals surface area contributed by atoms with Gasteiger partial charge in [-0.25, -0.2) is 0 Å². The molecule has 0 spiro atoms. The van der Waals surface area contributed by atoms with E-state index in [-0.39, 0.29) is 0 Å². The van der Waals surface area contributed by atoms with Crippen LogP contribution < -0.4 is 16.4 Å². The van der Waals surface area contributed by atoms with Gasteiger partial charge in [-0.2, -0.15) is 0 Å². The Morgan fingerprint density at radius 2 is 0.810 bits per heavy atom. The van der Waals surface area contributed by atoms with E-state index in [1.54, 1.807) is 20.4 Å². The SMILES string of the molecule is [Ti]=[O+][B-](c1ccccc1)(c1ccccc1)c1ccccc1. The van der Waals surface area contributed by atoms with Gasteiger partial charge < -0.3 is 0 Å². The summed E-state index contributed by atoms with van der Waals surface area (Å²) in [6.45, 7) is 0. The van der Waals surface area contributed by atoms with E-state index in [0.29, 0.717) is 0 Å². The molecule has 0 atom stereocenters. The van der Waals surface area contributed by atoms with Crippen LogP contribution in [-0.2, 0) is 23.3 Å². The molecule has 0 radical (unpaired) electrons. The van der Waals surface area contributed by atoms with Crippen molar-refractivity contribution in [3.05, 3.63) is 91.0 Å². The van der Waals surface area contributed by atoms with Gasteiger partial charge in [0.2, 0.25) is 0 Å². The molecule has 0 unspecified atom stereocenters. The molecule has 100 valence electrons. The zero-order valence-corrected chi connectivity index (χ0v) is 13.2. The Labute approximate surface area is 137 Å². The van der Waals surface area contributed by atoms with Gasteiger partial charge in [-0.1, -0.05) is 0 Å². The van der Waals surface area contributed by atoms with E-state index in [2.05, 4.69) is 72.8 Å². The zero-order valence-electron chi connectivity index (χ0n) is 11.6. The predicted octanol–water partition coefficient (Wildman–Crippen LogP) is 2.08. The van der Waals surface area contributed by atoms with Crippen LogP contribution in [0.25, 0.3) is 0 Å². The standard InChI is InChI=1S/C18H15BO.Ti/c20-19(16-10-4-1-5-11-16,17-12-6-2-7-13-17)18-14-8-3-9-15-18;/h1-15H;/q-2;+2. The summed E-state index contributed by atoms with van der Waals surface area (Å²) in [5, 5.41) is 0. The zero-order chi connectivity index (χ0) is 14.5. The molecule has 0 bridgehead atoms.